The minimum Gasteiger partial charge on any atom is -0.508 e. The van der Waals surface area contributed by atoms with E-state index in [9.17, 15) is 20.1 Å². The Balaban J connectivity index is 2.71. The summed E-state index contributed by atoms with van der Waals surface area (Å²) in [5.41, 5.74) is -0.767. The van der Waals surface area contributed by atoms with Gasteiger partial charge in [-0.25, -0.2) is 0 Å². The van der Waals surface area contributed by atoms with Gasteiger partial charge in [0, 0.05) is 18.2 Å². The smallest absolute Gasteiger partial charge is 0.251 e. The molecule has 0 aliphatic rings. The van der Waals surface area contributed by atoms with Gasteiger partial charge in [-0.15, -0.1) is 0 Å². The minimum atomic E-state index is -0.922. The second-order valence-corrected chi connectivity index (χ2v) is 4.35. The first-order chi connectivity index (χ1) is 8.40. The number of rotatable bonds is 5. The molecular weight excluding hydrogens is 234 g/mol. The number of hydrogen-bond donors (Lipinski definition) is 4. The molecule has 0 aliphatic heterocycles. The summed E-state index contributed by atoms with van der Waals surface area (Å²) in [4.78, 5) is 11.8. The third kappa shape index (κ3) is 3.63. The normalized spacial score (nSPS) is 11.3. The summed E-state index contributed by atoms with van der Waals surface area (Å²) in [6, 6.07) is 3.66. The van der Waals surface area contributed by atoms with Gasteiger partial charge in [0.2, 0.25) is 0 Å². The van der Waals surface area contributed by atoms with Gasteiger partial charge in [-0.1, -0.05) is 13.8 Å². The predicted octanol–water partition coefficient (Wildman–Crippen LogP) is 1.38. The number of aliphatic hydroxyl groups is 1. The fraction of sp³-hybridized carbons (Fsp3) is 0.462. The largest absolute Gasteiger partial charge is 0.508 e. The highest BCUT2D eigenvalue weighted by molar-refractivity contribution is 5.95. The van der Waals surface area contributed by atoms with Crippen molar-refractivity contribution >= 4 is 5.91 Å². The molecule has 0 spiro atoms. The monoisotopic (exact) mass is 253 g/mol. The Morgan fingerprint density at radius 3 is 2.11 bits per heavy atom. The van der Waals surface area contributed by atoms with Crippen molar-refractivity contribution in [2.45, 2.75) is 32.3 Å². The van der Waals surface area contributed by atoms with E-state index >= 15 is 0 Å². The molecule has 0 saturated heterocycles. The van der Waals surface area contributed by atoms with Crippen LogP contribution in [-0.4, -0.2) is 33.4 Å². The lowest BCUT2D eigenvalue weighted by Crippen LogP contribution is -2.42. The van der Waals surface area contributed by atoms with Crippen molar-refractivity contribution in [2.75, 3.05) is 6.54 Å². The average Bonchev–Trinajstić information content (AvgIpc) is 2.34. The number of amides is 1. The summed E-state index contributed by atoms with van der Waals surface area (Å²) in [6.45, 7) is 3.82. The minimum absolute atomic E-state index is 0.134. The van der Waals surface area contributed by atoms with Gasteiger partial charge in [0.15, 0.2) is 0 Å². The number of aromatic hydroxyl groups is 2. The molecule has 4 N–H and O–H groups in total. The summed E-state index contributed by atoms with van der Waals surface area (Å²) in [6.07, 6.45) is 1.07. The van der Waals surface area contributed by atoms with Crippen molar-refractivity contribution in [2.24, 2.45) is 0 Å². The highest BCUT2D eigenvalue weighted by Crippen LogP contribution is 2.20. The van der Waals surface area contributed by atoms with E-state index in [0.29, 0.717) is 12.8 Å². The molecule has 0 saturated carbocycles. The molecule has 0 fully saturated rings. The maximum Gasteiger partial charge on any atom is 0.251 e. The molecular formula is C13H19NO4. The number of benzene rings is 1. The maximum atomic E-state index is 11.8. The van der Waals surface area contributed by atoms with Crippen molar-refractivity contribution in [1.82, 2.24) is 5.32 Å². The molecule has 0 unspecified atom stereocenters. The van der Waals surface area contributed by atoms with E-state index < -0.39 is 11.5 Å². The van der Waals surface area contributed by atoms with E-state index in [-0.39, 0.29) is 23.6 Å². The topological polar surface area (TPSA) is 89.8 Å². The zero-order valence-corrected chi connectivity index (χ0v) is 10.6. The van der Waals surface area contributed by atoms with Gasteiger partial charge in [0.25, 0.3) is 5.91 Å². The Hall–Kier alpha value is -1.75. The highest BCUT2D eigenvalue weighted by Gasteiger charge is 2.23. The third-order valence-corrected chi connectivity index (χ3v) is 3.06. The van der Waals surface area contributed by atoms with Crippen molar-refractivity contribution in [3.05, 3.63) is 23.8 Å². The first-order valence-corrected chi connectivity index (χ1v) is 5.94. The molecule has 1 aromatic carbocycles. The molecule has 5 nitrogen and oxygen atoms in total. The van der Waals surface area contributed by atoms with Gasteiger partial charge in [0.1, 0.15) is 11.5 Å². The molecule has 100 valence electrons. The number of hydrogen-bond acceptors (Lipinski definition) is 4. The molecule has 0 aromatic heterocycles. The van der Waals surface area contributed by atoms with Crippen LogP contribution in [0.4, 0.5) is 0 Å². The lowest BCUT2D eigenvalue weighted by Gasteiger charge is -2.25. The van der Waals surface area contributed by atoms with Crippen LogP contribution in [0.25, 0.3) is 0 Å². The van der Waals surface area contributed by atoms with E-state index in [1.54, 1.807) is 0 Å². The number of carbonyl (C=O) groups excluding carboxylic acids is 1. The Morgan fingerprint density at radius 2 is 1.67 bits per heavy atom. The fourth-order valence-electron chi connectivity index (χ4n) is 1.57. The molecule has 5 heteroatoms. The van der Waals surface area contributed by atoms with E-state index in [2.05, 4.69) is 5.32 Å². The van der Waals surface area contributed by atoms with Crippen molar-refractivity contribution in [3.8, 4) is 11.5 Å². The molecule has 1 amide bonds. The van der Waals surface area contributed by atoms with Gasteiger partial charge >= 0.3 is 0 Å². The number of carbonyl (C=O) groups is 1. The first kappa shape index (κ1) is 14.3. The second kappa shape index (κ2) is 5.73. The van der Waals surface area contributed by atoms with Crippen LogP contribution in [-0.2, 0) is 0 Å². The summed E-state index contributed by atoms with van der Waals surface area (Å²) in [5.74, 6) is -0.802. The van der Waals surface area contributed by atoms with E-state index in [0.717, 1.165) is 6.07 Å². The summed E-state index contributed by atoms with van der Waals surface area (Å²) in [7, 11) is 0. The zero-order chi connectivity index (χ0) is 13.8. The van der Waals surface area contributed by atoms with Crippen molar-refractivity contribution in [1.29, 1.82) is 0 Å². The number of phenols is 2. The lowest BCUT2D eigenvalue weighted by molar-refractivity contribution is 0.0314. The van der Waals surface area contributed by atoms with E-state index in [4.69, 9.17) is 0 Å². The zero-order valence-electron chi connectivity index (χ0n) is 10.6. The Kier molecular flexibility index (Phi) is 4.55. The van der Waals surface area contributed by atoms with Crippen molar-refractivity contribution < 1.29 is 20.1 Å². The molecule has 0 radical (unpaired) electrons. The molecule has 0 aliphatic carbocycles. The number of nitrogens with one attached hydrogen (secondary N) is 1. The van der Waals surface area contributed by atoms with Crippen LogP contribution in [0.2, 0.25) is 0 Å². The van der Waals surface area contributed by atoms with Crippen LogP contribution in [0.1, 0.15) is 37.0 Å². The maximum absolute atomic E-state index is 11.8. The molecule has 1 rings (SSSR count). The summed E-state index contributed by atoms with van der Waals surface area (Å²) < 4.78 is 0. The second-order valence-electron chi connectivity index (χ2n) is 4.35. The van der Waals surface area contributed by atoms with Crippen LogP contribution in [0.15, 0.2) is 18.2 Å². The van der Waals surface area contributed by atoms with E-state index in [1.807, 2.05) is 13.8 Å². The lowest BCUT2D eigenvalue weighted by atomic mass is 9.97. The van der Waals surface area contributed by atoms with Crippen molar-refractivity contribution in [3.63, 3.8) is 0 Å². The Morgan fingerprint density at radius 1 is 1.17 bits per heavy atom. The molecule has 1 aromatic rings. The molecule has 0 atom stereocenters. The van der Waals surface area contributed by atoms with Crippen LogP contribution < -0.4 is 5.32 Å². The van der Waals surface area contributed by atoms with Gasteiger partial charge < -0.3 is 20.6 Å². The van der Waals surface area contributed by atoms with Gasteiger partial charge in [-0.3, -0.25) is 4.79 Å². The standard InChI is InChI=1S/C13H19NO4/c1-3-13(18,4-2)8-14-12(17)9-5-10(15)7-11(16)6-9/h5-7,15-16,18H,3-4,8H2,1-2H3,(H,14,17). The van der Waals surface area contributed by atoms with Gasteiger partial charge in [-0.05, 0) is 25.0 Å². The number of phenolic OH excluding ortho intramolecular Hbond substituents is 2. The summed E-state index contributed by atoms with van der Waals surface area (Å²) >= 11 is 0. The fourth-order valence-corrected chi connectivity index (χ4v) is 1.57. The van der Waals surface area contributed by atoms with Crippen LogP contribution in [0.5, 0.6) is 11.5 Å². The Bertz CT molecular complexity index is 407. The predicted molar refractivity (Wildman–Crippen MR) is 67.6 cm³/mol. The van der Waals surface area contributed by atoms with Crippen LogP contribution in [0, 0.1) is 0 Å². The van der Waals surface area contributed by atoms with Gasteiger partial charge in [0.05, 0.1) is 5.60 Å². The molecule has 0 heterocycles. The van der Waals surface area contributed by atoms with Crippen LogP contribution in [0.3, 0.4) is 0 Å². The Labute approximate surface area is 106 Å². The average molecular weight is 253 g/mol. The highest BCUT2D eigenvalue weighted by atomic mass is 16.3. The molecule has 18 heavy (non-hydrogen) atoms. The third-order valence-electron chi connectivity index (χ3n) is 3.06. The molecule has 0 bridgehead atoms. The van der Waals surface area contributed by atoms with E-state index in [1.165, 1.54) is 12.1 Å². The quantitative estimate of drug-likeness (QED) is 0.638. The van der Waals surface area contributed by atoms with Gasteiger partial charge in [-0.2, -0.15) is 0 Å². The summed E-state index contributed by atoms with van der Waals surface area (Å²) in [5, 5.41) is 31.2. The SMILES string of the molecule is CCC(O)(CC)CNC(=O)c1cc(O)cc(O)c1. The van der Waals surface area contributed by atoms with Crippen LogP contribution >= 0.6 is 0 Å². The first-order valence-electron chi connectivity index (χ1n) is 5.94.